The van der Waals surface area contributed by atoms with Crippen LogP contribution in [-0.2, 0) is 4.79 Å². The standard InChI is InChI=1S/C13H17ClN2O4/c14-10-5-3-9(4-6-10)11(17)8-16-13(20)15-7-1-2-12(18)19/h3-6,11,17H,1-2,7-8H2,(H,18,19)(H2,15,16,20)/t11-/m1/s1. The van der Waals surface area contributed by atoms with E-state index in [-0.39, 0.29) is 19.5 Å². The van der Waals surface area contributed by atoms with Crippen molar-refractivity contribution in [3.8, 4) is 0 Å². The third-order valence-electron chi connectivity index (χ3n) is 2.56. The number of carboxylic acid groups (broad SMARTS) is 1. The van der Waals surface area contributed by atoms with Gasteiger partial charge in [-0.2, -0.15) is 0 Å². The lowest BCUT2D eigenvalue weighted by Gasteiger charge is -2.13. The lowest BCUT2D eigenvalue weighted by atomic mass is 10.1. The molecular formula is C13H17ClN2O4. The van der Waals surface area contributed by atoms with Gasteiger partial charge in [-0.25, -0.2) is 4.79 Å². The van der Waals surface area contributed by atoms with E-state index in [0.29, 0.717) is 17.0 Å². The van der Waals surface area contributed by atoms with E-state index in [4.69, 9.17) is 16.7 Å². The third-order valence-corrected chi connectivity index (χ3v) is 2.82. The van der Waals surface area contributed by atoms with Crippen LogP contribution < -0.4 is 10.6 Å². The number of aliphatic carboxylic acids is 1. The molecular weight excluding hydrogens is 284 g/mol. The fourth-order valence-electron chi connectivity index (χ4n) is 1.50. The molecule has 1 atom stereocenters. The van der Waals surface area contributed by atoms with Crippen molar-refractivity contribution in [1.29, 1.82) is 0 Å². The second kappa shape index (κ2) is 8.39. The zero-order valence-electron chi connectivity index (χ0n) is 10.8. The molecule has 7 heteroatoms. The highest BCUT2D eigenvalue weighted by Gasteiger charge is 2.09. The van der Waals surface area contributed by atoms with Gasteiger partial charge in [0.25, 0.3) is 0 Å². The Morgan fingerprint density at radius 1 is 1.20 bits per heavy atom. The molecule has 0 bridgehead atoms. The van der Waals surface area contributed by atoms with Crippen molar-refractivity contribution in [2.24, 2.45) is 0 Å². The number of carboxylic acids is 1. The third kappa shape index (κ3) is 6.40. The highest BCUT2D eigenvalue weighted by atomic mass is 35.5. The van der Waals surface area contributed by atoms with E-state index in [2.05, 4.69) is 10.6 Å². The summed E-state index contributed by atoms with van der Waals surface area (Å²) < 4.78 is 0. The van der Waals surface area contributed by atoms with Crippen molar-refractivity contribution in [3.63, 3.8) is 0 Å². The molecule has 1 aromatic carbocycles. The number of aliphatic hydroxyl groups excluding tert-OH is 1. The molecule has 0 aliphatic carbocycles. The van der Waals surface area contributed by atoms with Gasteiger partial charge in [-0.1, -0.05) is 23.7 Å². The molecule has 1 aromatic rings. The van der Waals surface area contributed by atoms with Gasteiger partial charge in [0.2, 0.25) is 0 Å². The number of aliphatic hydroxyl groups is 1. The number of carbonyl (C=O) groups is 2. The first kappa shape index (κ1) is 16.3. The van der Waals surface area contributed by atoms with Crippen LogP contribution in [0, 0.1) is 0 Å². The number of halogens is 1. The van der Waals surface area contributed by atoms with Crippen LogP contribution in [0.5, 0.6) is 0 Å². The normalized spacial score (nSPS) is 11.7. The van der Waals surface area contributed by atoms with E-state index in [9.17, 15) is 14.7 Å². The Morgan fingerprint density at radius 3 is 2.45 bits per heavy atom. The van der Waals surface area contributed by atoms with Crippen LogP contribution in [0.15, 0.2) is 24.3 Å². The number of carbonyl (C=O) groups excluding carboxylic acids is 1. The minimum atomic E-state index is -0.898. The molecule has 110 valence electrons. The number of nitrogens with one attached hydrogen (secondary N) is 2. The summed E-state index contributed by atoms with van der Waals surface area (Å²) in [5.74, 6) is -0.898. The van der Waals surface area contributed by atoms with Gasteiger partial charge >= 0.3 is 12.0 Å². The van der Waals surface area contributed by atoms with E-state index >= 15 is 0 Å². The Bertz CT molecular complexity index is 450. The molecule has 0 aliphatic heterocycles. The lowest BCUT2D eigenvalue weighted by molar-refractivity contribution is -0.137. The van der Waals surface area contributed by atoms with Gasteiger partial charge in [-0.15, -0.1) is 0 Å². The van der Waals surface area contributed by atoms with E-state index < -0.39 is 18.1 Å². The van der Waals surface area contributed by atoms with E-state index in [1.807, 2.05) is 0 Å². The molecule has 0 saturated heterocycles. The summed E-state index contributed by atoms with van der Waals surface area (Å²) in [7, 11) is 0. The first-order valence-electron chi connectivity index (χ1n) is 6.16. The predicted octanol–water partition coefficient (Wildman–Crippen LogP) is 1.54. The number of amides is 2. The zero-order valence-corrected chi connectivity index (χ0v) is 11.6. The van der Waals surface area contributed by atoms with Gasteiger partial charge in [-0.05, 0) is 24.1 Å². The van der Waals surface area contributed by atoms with Crippen molar-refractivity contribution in [3.05, 3.63) is 34.9 Å². The van der Waals surface area contributed by atoms with Crippen LogP contribution >= 0.6 is 11.6 Å². The van der Waals surface area contributed by atoms with Crippen molar-refractivity contribution in [1.82, 2.24) is 10.6 Å². The number of urea groups is 1. The predicted molar refractivity (Wildman–Crippen MR) is 74.7 cm³/mol. The maximum atomic E-state index is 11.4. The minimum absolute atomic E-state index is 0.00762. The van der Waals surface area contributed by atoms with Crippen molar-refractivity contribution in [2.75, 3.05) is 13.1 Å². The SMILES string of the molecule is O=C(O)CCCNC(=O)NC[C@@H](O)c1ccc(Cl)cc1. The second-order valence-electron chi connectivity index (χ2n) is 4.20. The molecule has 0 radical (unpaired) electrons. The van der Waals surface area contributed by atoms with Crippen LogP contribution in [0.3, 0.4) is 0 Å². The molecule has 0 heterocycles. The molecule has 6 nitrogen and oxygen atoms in total. The highest BCUT2D eigenvalue weighted by Crippen LogP contribution is 2.15. The molecule has 0 fully saturated rings. The van der Waals surface area contributed by atoms with Crippen LogP contribution in [0.25, 0.3) is 0 Å². The van der Waals surface area contributed by atoms with Crippen molar-refractivity contribution < 1.29 is 19.8 Å². The summed E-state index contributed by atoms with van der Waals surface area (Å²) in [5, 5.41) is 23.9. The maximum Gasteiger partial charge on any atom is 0.314 e. The minimum Gasteiger partial charge on any atom is -0.481 e. The van der Waals surface area contributed by atoms with E-state index in [1.54, 1.807) is 24.3 Å². The van der Waals surface area contributed by atoms with Crippen molar-refractivity contribution in [2.45, 2.75) is 18.9 Å². The van der Waals surface area contributed by atoms with Crippen LogP contribution in [-0.4, -0.2) is 35.3 Å². The molecule has 0 unspecified atom stereocenters. The fourth-order valence-corrected chi connectivity index (χ4v) is 1.62. The zero-order chi connectivity index (χ0) is 15.0. The van der Waals surface area contributed by atoms with Crippen molar-refractivity contribution >= 4 is 23.6 Å². The van der Waals surface area contributed by atoms with E-state index in [1.165, 1.54) is 0 Å². The molecule has 4 N–H and O–H groups in total. The Kier molecular flexibility index (Phi) is 6.83. The summed E-state index contributed by atoms with van der Waals surface area (Å²) in [6.45, 7) is 0.335. The van der Waals surface area contributed by atoms with Crippen LogP contribution in [0.4, 0.5) is 4.79 Å². The molecule has 0 saturated carbocycles. The van der Waals surface area contributed by atoms with Gasteiger partial charge in [0.15, 0.2) is 0 Å². The quantitative estimate of drug-likeness (QED) is 0.574. The molecule has 0 spiro atoms. The monoisotopic (exact) mass is 300 g/mol. The number of rotatable bonds is 7. The smallest absolute Gasteiger partial charge is 0.314 e. The van der Waals surface area contributed by atoms with Gasteiger partial charge in [0.1, 0.15) is 0 Å². The molecule has 0 aliphatic rings. The summed E-state index contributed by atoms with van der Waals surface area (Å²) >= 11 is 5.73. The Labute approximate surface area is 121 Å². The first-order chi connectivity index (χ1) is 9.49. The van der Waals surface area contributed by atoms with Gasteiger partial charge in [-0.3, -0.25) is 4.79 Å². The first-order valence-corrected chi connectivity index (χ1v) is 6.54. The second-order valence-corrected chi connectivity index (χ2v) is 4.64. The Balaban J connectivity index is 2.23. The fraction of sp³-hybridized carbons (Fsp3) is 0.385. The molecule has 0 aromatic heterocycles. The van der Waals surface area contributed by atoms with E-state index in [0.717, 1.165) is 0 Å². The number of hydrogen-bond donors (Lipinski definition) is 4. The number of hydrogen-bond acceptors (Lipinski definition) is 3. The van der Waals surface area contributed by atoms with Gasteiger partial charge < -0.3 is 20.8 Å². The average molecular weight is 301 g/mol. The van der Waals surface area contributed by atoms with Gasteiger partial charge in [0.05, 0.1) is 6.10 Å². The Morgan fingerprint density at radius 2 is 1.85 bits per heavy atom. The average Bonchev–Trinajstić information content (AvgIpc) is 2.41. The molecule has 1 rings (SSSR count). The molecule has 20 heavy (non-hydrogen) atoms. The largest absolute Gasteiger partial charge is 0.481 e. The lowest BCUT2D eigenvalue weighted by Crippen LogP contribution is -2.38. The summed E-state index contributed by atoms with van der Waals surface area (Å²) in [4.78, 5) is 21.6. The summed E-state index contributed by atoms with van der Waals surface area (Å²) in [6, 6.07) is 6.24. The maximum absolute atomic E-state index is 11.4. The topological polar surface area (TPSA) is 98.7 Å². The van der Waals surface area contributed by atoms with Crippen LogP contribution in [0.2, 0.25) is 5.02 Å². The number of benzene rings is 1. The summed E-state index contributed by atoms with van der Waals surface area (Å²) in [5.41, 5.74) is 0.653. The van der Waals surface area contributed by atoms with Crippen LogP contribution in [0.1, 0.15) is 24.5 Å². The van der Waals surface area contributed by atoms with Gasteiger partial charge in [0, 0.05) is 24.5 Å². The summed E-state index contributed by atoms with van der Waals surface area (Å²) in [6.07, 6.45) is -0.451. The highest BCUT2D eigenvalue weighted by molar-refractivity contribution is 6.30. The Hall–Kier alpha value is -1.79. The molecule has 2 amide bonds.